The topological polar surface area (TPSA) is 49.4 Å². The van der Waals surface area contributed by atoms with Crippen LogP contribution < -0.4 is 4.72 Å². The molecule has 1 N–H and O–H groups in total. The molecule has 0 aromatic carbocycles. The Morgan fingerprint density at radius 2 is 2.05 bits per heavy atom. The van der Waals surface area contributed by atoms with Crippen molar-refractivity contribution < 1.29 is 8.42 Å². The van der Waals surface area contributed by atoms with E-state index in [1.54, 1.807) is 0 Å². The SMILES string of the molecule is CC(C)C(CN(C)C)NS(=O)(=O)c1cc(Cl)c(Br)s1. The maximum atomic E-state index is 12.3. The maximum Gasteiger partial charge on any atom is 0.250 e. The van der Waals surface area contributed by atoms with Gasteiger partial charge >= 0.3 is 0 Å². The van der Waals surface area contributed by atoms with E-state index in [4.69, 9.17) is 11.6 Å². The van der Waals surface area contributed by atoms with Crippen molar-refractivity contribution in [2.75, 3.05) is 20.6 Å². The largest absolute Gasteiger partial charge is 0.308 e. The Morgan fingerprint density at radius 1 is 1.47 bits per heavy atom. The van der Waals surface area contributed by atoms with Gasteiger partial charge in [0.05, 0.1) is 8.81 Å². The third kappa shape index (κ3) is 4.99. The number of hydrogen-bond acceptors (Lipinski definition) is 4. The van der Waals surface area contributed by atoms with Gasteiger partial charge in [-0.1, -0.05) is 25.4 Å². The van der Waals surface area contributed by atoms with Crippen LogP contribution in [-0.2, 0) is 10.0 Å². The normalized spacial score (nSPS) is 14.3. The van der Waals surface area contributed by atoms with Gasteiger partial charge in [0, 0.05) is 12.6 Å². The Hall–Kier alpha value is 0.340. The van der Waals surface area contributed by atoms with Crippen LogP contribution in [0.25, 0.3) is 0 Å². The molecule has 1 aromatic heterocycles. The van der Waals surface area contributed by atoms with Crippen LogP contribution in [0, 0.1) is 5.92 Å². The summed E-state index contributed by atoms with van der Waals surface area (Å²) in [5.74, 6) is 0.205. The summed E-state index contributed by atoms with van der Waals surface area (Å²) in [6.45, 7) is 4.64. The molecule has 0 fully saturated rings. The third-order valence-corrected chi connectivity index (χ3v) is 7.00. The molecule has 0 aliphatic rings. The van der Waals surface area contributed by atoms with Gasteiger partial charge in [-0.25, -0.2) is 13.1 Å². The molecule has 0 bridgehead atoms. The number of thiophene rings is 1. The van der Waals surface area contributed by atoms with E-state index in [1.165, 1.54) is 6.07 Å². The van der Waals surface area contributed by atoms with Gasteiger partial charge in [0.15, 0.2) is 0 Å². The number of nitrogens with zero attached hydrogens (tertiary/aromatic N) is 1. The predicted octanol–water partition coefficient (Wildman–Crippen LogP) is 3.03. The van der Waals surface area contributed by atoms with E-state index in [1.807, 2.05) is 32.8 Å². The summed E-state index contributed by atoms with van der Waals surface area (Å²) >= 11 is 10.2. The Bertz CT molecular complexity index is 509. The van der Waals surface area contributed by atoms with Crippen LogP contribution in [0.3, 0.4) is 0 Å². The molecule has 0 saturated heterocycles. The van der Waals surface area contributed by atoms with Gasteiger partial charge < -0.3 is 4.90 Å². The van der Waals surface area contributed by atoms with Gasteiger partial charge in [-0.2, -0.15) is 0 Å². The Labute approximate surface area is 132 Å². The Morgan fingerprint density at radius 3 is 2.42 bits per heavy atom. The highest BCUT2D eigenvalue weighted by molar-refractivity contribution is 9.11. The second-order valence-corrected chi connectivity index (χ2v) is 9.64. The lowest BCUT2D eigenvalue weighted by molar-refractivity contribution is 0.314. The summed E-state index contributed by atoms with van der Waals surface area (Å²) in [6, 6.07) is 1.32. The summed E-state index contributed by atoms with van der Waals surface area (Å²) in [7, 11) is 0.313. The van der Waals surface area contributed by atoms with Crippen molar-refractivity contribution in [3.05, 3.63) is 14.9 Å². The van der Waals surface area contributed by atoms with E-state index in [0.29, 0.717) is 15.4 Å². The molecule has 0 aliphatic heterocycles. The summed E-state index contributed by atoms with van der Waals surface area (Å²) < 4.78 is 28.2. The average Bonchev–Trinajstić information content (AvgIpc) is 2.58. The molecular weight excluding hydrogens is 372 g/mol. The lowest BCUT2D eigenvalue weighted by Gasteiger charge is -2.25. The smallest absolute Gasteiger partial charge is 0.250 e. The number of rotatable bonds is 6. The molecule has 0 amide bonds. The Kier molecular flexibility index (Phi) is 6.28. The first-order chi connectivity index (χ1) is 8.63. The fourth-order valence-corrected chi connectivity index (χ4v) is 5.28. The highest BCUT2D eigenvalue weighted by Crippen LogP contribution is 2.34. The van der Waals surface area contributed by atoms with Gasteiger partial charge in [0.2, 0.25) is 10.0 Å². The van der Waals surface area contributed by atoms with Crippen molar-refractivity contribution in [3.63, 3.8) is 0 Å². The fourth-order valence-electron chi connectivity index (χ4n) is 1.49. The minimum Gasteiger partial charge on any atom is -0.308 e. The molecule has 1 unspecified atom stereocenters. The highest BCUT2D eigenvalue weighted by atomic mass is 79.9. The predicted molar refractivity (Wildman–Crippen MR) is 84.5 cm³/mol. The number of nitrogens with one attached hydrogen (secondary N) is 1. The van der Waals surface area contributed by atoms with Crippen LogP contribution in [0.15, 0.2) is 14.1 Å². The van der Waals surface area contributed by atoms with Gasteiger partial charge in [0.25, 0.3) is 0 Å². The molecule has 1 atom stereocenters. The summed E-state index contributed by atoms with van der Waals surface area (Å²) in [6.07, 6.45) is 0. The van der Waals surface area contributed by atoms with Crippen LogP contribution in [-0.4, -0.2) is 40.0 Å². The van der Waals surface area contributed by atoms with E-state index in [9.17, 15) is 8.42 Å². The second kappa shape index (κ2) is 6.87. The minimum atomic E-state index is -3.52. The highest BCUT2D eigenvalue weighted by Gasteiger charge is 2.25. The van der Waals surface area contributed by atoms with Gasteiger partial charge in [-0.3, -0.25) is 0 Å². The van der Waals surface area contributed by atoms with E-state index >= 15 is 0 Å². The number of hydrogen-bond donors (Lipinski definition) is 1. The average molecular weight is 390 g/mol. The molecule has 1 aromatic rings. The van der Waals surface area contributed by atoms with Crippen molar-refractivity contribution in [2.24, 2.45) is 5.92 Å². The van der Waals surface area contributed by atoms with Crippen molar-refractivity contribution in [1.29, 1.82) is 0 Å². The van der Waals surface area contributed by atoms with Crippen molar-refractivity contribution in [1.82, 2.24) is 9.62 Å². The molecular formula is C11H18BrClN2O2S2. The Balaban J connectivity index is 2.94. The van der Waals surface area contributed by atoms with Crippen molar-refractivity contribution >= 4 is 48.9 Å². The quantitative estimate of drug-likeness (QED) is 0.813. The molecule has 0 saturated carbocycles. The first-order valence-corrected chi connectivity index (χ1v) is 9.22. The van der Waals surface area contributed by atoms with Crippen LogP contribution in [0.5, 0.6) is 0 Å². The first-order valence-electron chi connectivity index (χ1n) is 5.75. The standard InChI is InChI=1S/C11H18BrClN2O2S2/c1-7(2)9(6-15(3)4)14-19(16,17)10-5-8(13)11(12)18-10/h5,7,9,14H,6H2,1-4H3. The van der Waals surface area contributed by atoms with Crippen molar-refractivity contribution in [2.45, 2.75) is 24.1 Å². The molecule has 19 heavy (non-hydrogen) atoms. The minimum absolute atomic E-state index is 0.139. The van der Waals surface area contributed by atoms with Gasteiger partial charge in [-0.15, -0.1) is 11.3 Å². The zero-order chi connectivity index (χ0) is 14.8. The lowest BCUT2D eigenvalue weighted by Crippen LogP contribution is -2.44. The molecule has 0 radical (unpaired) electrons. The van der Waals surface area contributed by atoms with Crippen LogP contribution in [0.2, 0.25) is 5.02 Å². The molecule has 8 heteroatoms. The summed E-state index contributed by atoms with van der Waals surface area (Å²) in [5.41, 5.74) is 0. The fraction of sp³-hybridized carbons (Fsp3) is 0.636. The molecule has 0 spiro atoms. The first kappa shape index (κ1) is 17.4. The molecule has 1 rings (SSSR count). The zero-order valence-corrected chi connectivity index (χ0v) is 15.3. The number of halogens is 2. The molecule has 110 valence electrons. The zero-order valence-electron chi connectivity index (χ0n) is 11.3. The van der Waals surface area contributed by atoms with Gasteiger partial charge in [-0.05, 0) is 42.0 Å². The lowest BCUT2D eigenvalue weighted by atomic mass is 10.1. The maximum absolute atomic E-state index is 12.3. The number of sulfonamides is 1. The third-order valence-electron chi connectivity index (χ3n) is 2.56. The number of likely N-dealkylation sites (N-methyl/N-ethyl adjacent to an activating group) is 1. The summed E-state index contributed by atoms with van der Waals surface area (Å²) in [4.78, 5) is 1.96. The summed E-state index contributed by atoms with van der Waals surface area (Å²) in [5, 5.41) is 0.416. The van der Waals surface area contributed by atoms with E-state index in [0.717, 1.165) is 11.3 Å². The molecule has 4 nitrogen and oxygen atoms in total. The molecule has 1 heterocycles. The van der Waals surface area contributed by atoms with E-state index in [-0.39, 0.29) is 16.2 Å². The van der Waals surface area contributed by atoms with Crippen LogP contribution >= 0.6 is 38.9 Å². The second-order valence-electron chi connectivity index (χ2n) is 4.92. The van der Waals surface area contributed by atoms with Crippen LogP contribution in [0.4, 0.5) is 0 Å². The van der Waals surface area contributed by atoms with Crippen molar-refractivity contribution in [3.8, 4) is 0 Å². The van der Waals surface area contributed by atoms with Gasteiger partial charge in [0.1, 0.15) is 4.21 Å². The molecule has 0 aliphatic carbocycles. The van der Waals surface area contributed by atoms with Crippen LogP contribution in [0.1, 0.15) is 13.8 Å². The van der Waals surface area contributed by atoms with E-state index in [2.05, 4.69) is 20.7 Å². The van der Waals surface area contributed by atoms with E-state index < -0.39 is 10.0 Å². The monoisotopic (exact) mass is 388 g/mol.